The van der Waals surface area contributed by atoms with Crippen LogP contribution in [0, 0.1) is 0 Å². The van der Waals surface area contributed by atoms with Crippen LogP contribution < -0.4 is 10.7 Å². The number of nitrogens with zero attached hydrogens (tertiary/aromatic N) is 1. The molecule has 0 aromatic heterocycles. The summed E-state index contributed by atoms with van der Waals surface area (Å²) in [5.41, 5.74) is 0.623. The summed E-state index contributed by atoms with van der Waals surface area (Å²) in [6.45, 7) is 9.57. The number of aliphatic hydroxyl groups is 1. The maximum Gasteiger partial charge on any atom is 0.430 e. The fraction of sp³-hybridized carbons (Fsp3) is 0.786. The summed E-state index contributed by atoms with van der Waals surface area (Å²) >= 11 is 0. The average molecular weight is 331 g/mol. The quantitative estimate of drug-likeness (QED) is 0.502. The molecule has 0 radical (unpaired) electrons. The number of aliphatic hydroxyl groups excluding tert-OH is 1. The molecular weight excluding hydrogens is 306 g/mol. The third-order valence-electron chi connectivity index (χ3n) is 2.65. The first-order chi connectivity index (χ1) is 10.3. The molecule has 1 aliphatic rings. The molecular formula is C14H25N3O6. The van der Waals surface area contributed by atoms with E-state index in [9.17, 15) is 19.5 Å². The van der Waals surface area contributed by atoms with Crippen molar-refractivity contribution in [2.75, 3.05) is 6.61 Å². The van der Waals surface area contributed by atoms with Crippen molar-refractivity contribution in [1.29, 1.82) is 0 Å². The highest BCUT2D eigenvalue weighted by molar-refractivity contribution is 5.92. The Balaban J connectivity index is 2.91. The van der Waals surface area contributed by atoms with Crippen LogP contribution in [-0.2, 0) is 14.3 Å². The molecule has 1 fully saturated rings. The van der Waals surface area contributed by atoms with E-state index in [2.05, 4.69) is 10.7 Å². The summed E-state index contributed by atoms with van der Waals surface area (Å²) in [5, 5.41) is 12.4. The van der Waals surface area contributed by atoms with Crippen LogP contribution in [0.1, 0.15) is 41.5 Å². The first kappa shape index (κ1) is 19.0. The highest BCUT2D eigenvalue weighted by Gasteiger charge is 2.47. The largest absolute Gasteiger partial charge is 0.443 e. The van der Waals surface area contributed by atoms with Gasteiger partial charge in [0.25, 0.3) is 0 Å². The van der Waals surface area contributed by atoms with Gasteiger partial charge in [-0.3, -0.25) is 4.79 Å². The predicted octanol–water partition coefficient (Wildman–Crippen LogP) is 0.523. The van der Waals surface area contributed by atoms with Gasteiger partial charge >= 0.3 is 12.2 Å². The lowest BCUT2D eigenvalue weighted by atomic mass is 9.99. The van der Waals surface area contributed by atoms with Crippen molar-refractivity contribution in [2.24, 2.45) is 0 Å². The number of β-lactam (4-membered cyclic amide) rings is 1. The lowest BCUT2D eigenvalue weighted by Crippen LogP contribution is -2.74. The number of carbonyl (C=O) groups is 3. The average Bonchev–Trinajstić information content (AvgIpc) is 2.30. The van der Waals surface area contributed by atoms with Crippen molar-refractivity contribution in [1.82, 2.24) is 15.8 Å². The minimum Gasteiger partial charge on any atom is -0.443 e. The van der Waals surface area contributed by atoms with Gasteiger partial charge < -0.3 is 19.9 Å². The van der Waals surface area contributed by atoms with Gasteiger partial charge in [-0.2, -0.15) is 0 Å². The Morgan fingerprint density at radius 3 is 2.09 bits per heavy atom. The van der Waals surface area contributed by atoms with E-state index in [1.807, 2.05) is 0 Å². The molecule has 9 heteroatoms. The molecule has 1 saturated heterocycles. The van der Waals surface area contributed by atoms with Crippen molar-refractivity contribution in [2.45, 2.75) is 64.8 Å². The number of hydrogen-bond acceptors (Lipinski definition) is 6. The Labute approximate surface area is 135 Å². The third-order valence-corrected chi connectivity index (χ3v) is 2.65. The molecule has 0 aromatic rings. The maximum atomic E-state index is 12.3. The summed E-state index contributed by atoms with van der Waals surface area (Å²) in [6, 6.07) is -1.76. The molecule has 1 aliphatic heterocycles. The monoisotopic (exact) mass is 331 g/mol. The van der Waals surface area contributed by atoms with Crippen LogP contribution in [0.25, 0.3) is 0 Å². The second kappa shape index (κ2) is 6.61. The van der Waals surface area contributed by atoms with E-state index in [1.165, 1.54) is 0 Å². The Hall–Kier alpha value is -2.03. The van der Waals surface area contributed by atoms with Crippen molar-refractivity contribution >= 4 is 18.1 Å². The Bertz CT molecular complexity index is 480. The zero-order valence-electron chi connectivity index (χ0n) is 14.3. The number of carbonyl (C=O) groups excluding carboxylic acids is 3. The van der Waals surface area contributed by atoms with E-state index in [0.29, 0.717) is 0 Å². The predicted molar refractivity (Wildman–Crippen MR) is 80.2 cm³/mol. The second-order valence-corrected chi connectivity index (χ2v) is 7.21. The molecule has 132 valence electrons. The fourth-order valence-corrected chi connectivity index (χ4v) is 1.82. The molecule has 23 heavy (non-hydrogen) atoms. The van der Waals surface area contributed by atoms with Gasteiger partial charge in [-0.05, 0) is 41.5 Å². The molecule has 0 saturated carbocycles. The minimum atomic E-state index is -1.07. The van der Waals surface area contributed by atoms with Gasteiger partial charge in [-0.15, -0.1) is 0 Å². The lowest BCUT2D eigenvalue weighted by molar-refractivity contribution is -0.140. The van der Waals surface area contributed by atoms with E-state index < -0.39 is 41.4 Å². The summed E-state index contributed by atoms with van der Waals surface area (Å²) in [5.74, 6) is -0.508. The highest BCUT2D eigenvalue weighted by atomic mass is 16.6. The number of nitrogens with one attached hydrogen (secondary N) is 2. The van der Waals surface area contributed by atoms with E-state index in [4.69, 9.17) is 9.47 Å². The van der Waals surface area contributed by atoms with Crippen molar-refractivity contribution < 1.29 is 29.0 Å². The first-order valence-electron chi connectivity index (χ1n) is 7.27. The molecule has 0 spiro atoms. The van der Waals surface area contributed by atoms with Crippen molar-refractivity contribution in [3.8, 4) is 0 Å². The van der Waals surface area contributed by atoms with Crippen LogP contribution in [0.2, 0.25) is 0 Å². The number of rotatable bonds is 2. The van der Waals surface area contributed by atoms with E-state index in [1.54, 1.807) is 41.5 Å². The van der Waals surface area contributed by atoms with Crippen LogP contribution in [-0.4, -0.2) is 58.1 Å². The van der Waals surface area contributed by atoms with Gasteiger partial charge in [0, 0.05) is 0 Å². The van der Waals surface area contributed by atoms with Crippen LogP contribution in [0.15, 0.2) is 0 Å². The summed E-state index contributed by atoms with van der Waals surface area (Å²) in [7, 11) is 0. The SMILES string of the molecule is CC(C)(C)OC(=O)NN(C(=O)OC(C)(C)C)[C@@H]1C(=O)N[C@@H]1CO. The van der Waals surface area contributed by atoms with Crippen molar-refractivity contribution in [3.63, 3.8) is 0 Å². The standard InChI is InChI=1S/C14H25N3O6/c1-13(2,3)22-11(20)16-17(12(21)23-14(4,5)6)9-8(7-18)15-10(9)19/h8-9,18H,7H2,1-6H3,(H,15,19)(H,16,20)/t8-,9+/m1/s1. The third kappa shape index (κ3) is 5.59. The topological polar surface area (TPSA) is 117 Å². The molecule has 0 aromatic carbocycles. The molecule has 2 atom stereocenters. The summed E-state index contributed by atoms with van der Waals surface area (Å²) in [4.78, 5) is 35.9. The minimum absolute atomic E-state index is 0.383. The first-order valence-corrected chi connectivity index (χ1v) is 7.27. The number of ether oxygens (including phenoxy) is 2. The number of amides is 3. The van der Waals surface area contributed by atoms with E-state index >= 15 is 0 Å². The van der Waals surface area contributed by atoms with E-state index in [0.717, 1.165) is 5.01 Å². The molecule has 3 N–H and O–H groups in total. The van der Waals surface area contributed by atoms with Crippen LogP contribution in [0.3, 0.4) is 0 Å². The number of hydrazine groups is 1. The van der Waals surface area contributed by atoms with Gasteiger partial charge in [-0.25, -0.2) is 20.0 Å². The molecule has 0 bridgehead atoms. The second-order valence-electron chi connectivity index (χ2n) is 7.21. The van der Waals surface area contributed by atoms with E-state index in [-0.39, 0.29) is 6.61 Å². The fourth-order valence-electron chi connectivity index (χ4n) is 1.82. The van der Waals surface area contributed by atoms with Gasteiger partial charge in [0.2, 0.25) is 5.91 Å². The van der Waals surface area contributed by atoms with Gasteiger partial charge in [0.15, 0.2) is 6.04 Å². The zero-order valence-corrected chi connectivity index (χ0v) is 14.3. The molecule has 1 rings (SSSR count). The lowest BCUT2D eigenvalue weighted by Gasteiger charge is -2.42. The maximum absolute atomic E-state index is 12.3. The van der Waals surface area contributed by atoms with Crippen molar-refractivity contribution in [3.05, 3.63) is 0 Å². The molecule has 1 heterocycles. The molecule has 0 aliphatic carbocycles. The van der Waals surface area contributed by atoms with Gasteiger partial charge in [0.1, 0.15) is 11.2 Å². The smallest absolute Gasteiger partial charge is 0.430 e. The van der Waals surface area contributed by atoms with Crippen LogP contribution in [0.5, 0.6) is 0 Å². The summed E-state index contributed by atoms with van der Waals surface area (Å²) in [6.07, 6.45) is -1.82. The van der Waals surface area contributed by atoms with Gasteiger partial charge in [0.05, 0.1) is 12.6 Å². The Morgan fingerprint density at radius 1 is 1.17 bits per heavy atom. The molecule has 3 amide bonds. The van der Waals surface area contributed by atoms with Gasteiger partial charge in [-0.1, -0.05) is 0 Å². The molecule has 9 nitrogen and oxygen atoms in total. The Morgan fingerprint density at radius 2 is 1.70 bits per heavy atom. The normalized spacial score (nSPS) is 20.9. The van der Waals surface area contributed by atoms with Crippen LogP contribution >= 0.6 is 0 Å². The van der Waals surface area contributed by atoms with Crippen LogP contribution in [0.4, 0.5) is 9.59 Å². The summed E-state index contributed by atoms with van der Waals surface area (Å²) < 4.78 is 10.3. The zero-order chi connectivity index (χ0) is 18.0. The number of hydrogen-bond donors (Lipinski definition) is 3. The molecule has 0 unspecified atom stereocenters. The Kier molecular flexibility index (Phi) is 5.47. The highest BCUT2D eigenvalue weighted by Crippen LogP contribution is 2.17.